The highest BCUT2D eigenvalue weighted by atomic mass is 32.1. The molecule has 1 atom stereocenters. The topological polar surface area (TPSA) is 53.7 Å². The van der Waals surface area contributed by atoms with Gasteiger partial charge in [-0.2, -0.15) is 4.52 Å². The summed E-state index contributed by atoms with van der Waals surface area (Å²) in [6, 6.07) is 6.51. The van der Waals surface area contributed by atoms with Crippen molar-refractivity contribution in [1.82, 2.24) is 19.5 Å². The third-order valence-electron chi connectivity index (χ3n) is 4.51. The molecule has 24 heavy (non-hydrogen) atoms. The number of hydrogen-bond acceptors (Lipinski definition) is 5. The normalized spacial score (nSPS) is 17.4. The van der Waals surface area contributed by atoms with Gasteiger partial charge in [0, 0.05) is 5.56 Å². The lowest BCUT2D eigenvalue weighted by atomic mass is 10.00. The molecule has 1 aliphatic heterocycles. The van der Waals surface area contributed by atoms with Gasteiger partial charge in [0.05, 0.1) is 10.9 Å². The van der Waals surface area contributed by atoms with Gasteiger partial charge < -0.3 is 5.11 Å². The van der Waals surface area contributed by atoms with Crippen molar-refractivity contribution in [3.05, 3.63) is 46.3 Å². The van der Waals surface area contributed by atoms with Crippen LogP contribution in [-0.2, 0) is 0 Å². The van der Waals surface area contributed by atoms with E-state index < -0.39 is 0 Å². The van der Waals surface area contributed by atoms with Crippen molar-refractivity contribution in [2.45, 2.75) is 32.2 Å². The lowest BCUT2D eigenvalue weighted by molar-refractivity contribution is 0.184. The largest absolute Gasteiger partial charge is 0.492 e. The van der Waals surface area contributed by atoms with Gasteiger partial charge >= 0.3 is 0 Å². The van der Waals surface area contributed by atoms with E-state index in [4.69, 9.17) is 0 Å². The second kappa shape index (κ2) is 6.14. The van der Waals surface area contributed by atoms with E-state index in [1.54, 1.807) is 19.1 Å². The fourth-order valence-electron chi connectivity index (χ4n) is 3.40. The Balaban J connectivity index is 1.86. The molecule has 1 aliphatic rings. The molecule has 2 aromatic heterocycles. The SMILES string of the molecule is Cc1nc2sc([C@H](c3ccccc3F)N3CCCCC3)c(O)n2n1. The summed E-state index contributed by atoms with van der Waals surface area (Å²) in [6.07, 6.45) is 3.37. The number of halogens is 1. The van der Waals surface area contributed by atoms with Gasteiger partial charge in [0.15, 0.2) is 0 Å². The summed E-state index contributed by atoms with van der Waals surface area (Å²) in [4.78, 5) is 7.93. The minimum Gasteiger partial charge on any atom is -0.492 e. The highest BCUT2D eigenvalue weighted by Crippen LogP contribution is 2.41. The lowest BCUT2D eigenvalue weighted by Crippen LogP contribution is -2.34. The molecule has 1 aromatic carbocycles. The molecule has 1 saturated heterocycles. The molecule has 0 amide bonds. The smallest absolute Gasteiger partial charge is 0.230 e. The average Bonchev–Trinajstić information content (AvgIpc) is 3.09. The first-order chi connectivity index (χ1) is 11.6. The summed E-state index contributed by atoms with van der Waals surface area (Å²) in [5.41, 5.74) is 0.593. The van der Waals surface area contributed by atoms with Crippen LogP contribution in [0.4, 0.5) is 4.39 Å². The molecule has 1 N–H and O–H groups in total. The summed E-state index contributed by atoms with van der Waals surface area (Å²) in [5.74, 6) is 0.431. The van der Waals surface area contributed by atoms with Gasteiger partial charge in [-0.15, -0.1) is 5.10 Å². The summed E-state index contributed by atoms with van der Waals surface area (Å²) in [5, 5.41) is 14.9. The number of fused-ring (bicyclic) bond motifs is 1. The molecule has 3 aromatic rings. The van der Waals surface area contributed by atoms with Gasteiger partial charge in [0.2, 0.25) is 10.8 Å². The van der Waals surface area contributed by atoms with Crippen molar-refractivity contribution in [3.63, 3.8) is 0 Å². The van der Waals surface area contributed by atoms with E-state index >= 15 is 0 Å². The van der Waals surface area contributed by atoms with E-state index in [0.29, 0.717) is 21.2 Å². The molecule has 1 fully saturated rings. The molecule has 126 valence electrons. The van der Waals surface area contributed by atoms with Crippen LogP contribution >= 0.6 is 11.3 Å². The number of aryl methyl sites for hydroxylation is 1. The van der Waals surface area contributed by atoms with Crippen LogP contribution in [0.15, 0.2) is 24.3 Å². The van der Waals surface area contributed by atoms with Gasteiger partial charge in [0.25, 0.3) is 0 Å². The van der Waals surface area contributed by atoms with Crippen LogP contribution in [0, 0.1) is 12.7 Å². The van der Waals surface area contributed by atoms with E-state index in [1.165, 1.54) is 28.3 Å². The first-order valence-corrected chi connectivity index (χ1v) is 9.00. The van der Waals surface area contributed by atoms with Crippen molar-refractivity contribution >= 4 is 16.3 Å². The number of rotatable bonds is 3. The van der Waals surface area contributed by atoms with Gasteiger partial charge in [0.1, 0.15) is 11.6 Å². The third kappa shape index (κ3) is 2.57. The van der Waals surface area contributed by atoms with Crippen molar-refractivity contribution < 1.29 is 9.50 Å². The first kappa shape index (κ1) is 15.5. The van der Waals surface area contributed by atoms with E-state index in [2.05, 4.69) is 15.0 Å². The quantitative estimate of drug-likeness (QED) is 0.788. The van der Waals surface area contributed by atoms with Crippen LogP contribution in [0.1, 0.15) is 41.6 Å². The molecule has 5 nitrogen and oxygen atoms in total. The number of hydrogen-bond donors (Lipinski definition) is 1. The molecular weight excluding hydrogens is 327 g/mol. The Hall–Kier alpha value is -1.99. The molecule has 7 heteroatoms. The molecule has 0 bridgehead atoms. The summed E-state index contributed by atoms with van der Waals surface area (Å²) in [7, 11) is 0. The van der Waals surface area contributed by atoms with Crippen molar-refractivity contribution in [2.75, 3.05) is 13.1 Å². The highest BCUT2D eigenvalue weighted by Gasteiger charge is 2.31. The molecular formula is C17H19FN4OS. The van der Waals surface area contributed by atoms with Gasteiger partial charge in [-0.3, -0.25) is 4.90 Å². The number of aromatic nitrogens is 3. The Morgan fingerprint density at radius 3 is 2.67 bits per heavy atom. The van der Waals surface area contributed by atoms with Crippen molar-refractivity contribution in [2.24, 2.45) is 0 Å². The summed E-state index contributed by atoms with van der Waals surface area (Å²) >= 11 is 1.38. The van der Waals surface area contributed by atoms with Crippen LogP contribution in [-0.4, -0.2) is 37.7 Å². The number of aromatic hydroxyl groups is 1. The lowest BCUT2D eigenvalue weighted by Gasteiger charge is -2.34. The summed E-state index contributed by atoms with van der Waals surface area (Å²) in [6.45, 7) is 3.58. The first-order valence-electron chi connectivity index (χ1n) is 8.18. The molecule has 0 spiro atoms. The number of piperidine rings is 1. The molecule has 0 radical (unpaired) electrons. The Labute approximate surface area is 143 Å². The standard InChI is InChI=1S/C17H19FN4OS/c1-11-19-17-22(20-11)16(23)15(24-17)14(21-9-5-2-6-10-21)12-7-3-4-8-13(12)18/h3-4,7-8,14,23H,2,5-6,9-10H2,1H3/t14-/m0/s1. The maximum absolute atomic E-state index is 14.5. The van der Waals surface area contributed by atoms with Crippen LogP contribution in [0.2, 0.25) is 0 Å². The summed E-state index contributed by atoms with van der Waals surface area (Å²) < 4.78 is 16.0. The van der Waals surface area contributed by atoms with Gasteiger partial charge in [-0.25, -0.2) is 9.37 Å². The number of thiazole rings is 1. The zero-order valence-electron chi connectivity index (χ0n) is 13.4. The Morgan fingerprint density at radius 2 is 1.96 bits per heavy atom. The van der Waals surface area contributed by atoms with Gasteiger partial charge in [-0.1, -0.05) is 36.0 Å². The van der Waals surface area contributed by atoms with Crippen LogP contribution in [0.25, 0.3) is 4.96 Å². The van der Waals surface area contributed by atoms with E-state index in [9.17, 15) is 9.50 Å². The van der Waals surface area contributed by atoms with E-state index in [-0.39, 0.29) is 17.7 Å². The van der Waals surface area contributed by atoms with Crippen molar-refractivity contribution in [3.8, 4) is 5.88 Å². The van der Waals surface area contributed by atoms with Crippen molar-refractivity contribution in [1.29, 1.82) is 0 Å². The van der Waals surface area contributed by atoms with Gasteiger partial charge in [-0.05, 0) is 38.9 Å². The fraction of sp³-hybridized carbons (Fsp3) is 0.412. The molecule has 3 heterocycles. The minimum absolute atomic E-state index is 0.0643. The third-order valence-corrected chi connectivity index (χ3v) is 5.58. The fourth-order valence-corrected chi connectivity index (χ4v) is 4.56. The average molecular weight is 346 g/mol. The highest BCUT2D eigenvalue weighted by molar-refractivity contribution is 7.17. The van der Waals surface area contributed by atoms with Crippen LogP contribution < -0.4 is 0 Å². The monoisotopic (exact) mass is 346 g/mol. The Morgan fingerprint density at radius 1 is 1.21 bits per heavy atom. The molecule has 0 aliphatic carbocycles. The zero-order valence-corrected chi connectivity index (χ0v) is 14.3. The minimum atomic E-state index is -0.305. The second-order valence-corrected chi connectivity index (χ2v) is 7.17. The molecule has 0 saturated carbocycles. The second-order valence-electron chi connectivity index (χ2n) is 6.16. The Bertz CT molecular complexity index is 869. The Kier molecular flexibility index (Phi) is 3.97. The van der Waals surface area contributed by atoms with Crippen LogP contribution in [0.3, 0.4) is 0 Å². The number of nitrogens with zero attached hydrogens (tertiary/aromatic N) is 4. The molecule has 0 unspecified atom stereocenters. The van der Waals surface area contributed by atoms with Crippen LogP contribution in [0.5, 0.6) is 5.88 Å². The zero-order chi connectivity index (χ0) is 16.7. The van der Waals surface area contributed by atoms with E-state index in [0.717, 1.165) is 25.9 Å². The predicted molar refractivity (Wildman–Crippen MR) is 90.9 cm³/mol. The predicted octanol–water partition coefficient (Wildman–Crippen LogP) is 3.52. The number of benzene rings is 1. The maximum atomic E-state index is 14.5. The van der Waals surface area contributed by atoms with E-state index in [1.807, 2.05) is 6.07 Å². The number of likely N-dealkylation sites (tertiary alicyclic amines) is 1. The molecule has 4 rings (SSSR count). The maximum Gasteiger partial charge on any atom is 0.230 e.